The molecule has 2 N–H and O–H groups in total. The Morgan fingerprint density at radius 2 is 1.95 bits per heavy atom. The predicted octanol–water partition coefficient (Wildman–Crippen LogP) is 2.42. The van der Waals surface area contributed by atoms with Crippen molar-refractivity contribution in [3.63, 3.8) is 0 Å². The van der Waals surface area contributed by atoms with Gasteiger partial charge in [-0.05, 0) is 38.1 Å². The lowest BCUT2D eigenvalue weighted by Gasteiger charge is -2.11. The number of rotatable bonds is 9. The maximum Gasteiger partial charge on any atom is 0.242 e. The number of sulfonamides is 1. The molecule has 0 saturated heterocycles. The summed E-state index contributed by atoms with van der Waals surface area (Å²) in [6, 6.07) is 2.94. The standard InChI is InChI=1S/C13H20Cl2N2O3S/c1-3-20-6-4-5-17-21(18,19)13-7-10(9-16-2)11(14)8-12(13)15/h7-8,16-17H,3-6,9H2,1-2H3. The molecule has 0 atom stereocenters. The molecule has 0 spiro atoms. The van der Waals surface area contributed by atoms with E-state index in [-0.39, 0.29) is 9.92 Å². The second-order valence-corrected chi connectivity index (χ2v) is 6.90. The third-order valence-electron chi connectivity index (χ3n) is 2.72. The lowest BCUT2D eigenvalue weighted by atomic mass is 10.2. The summed E-state index contributed by atoms with van der Waals surface area (Å²) in [5.41, 5.74) is 0.679. The molecule has 0 aliphatic carbocycles. The quantitative estimate of drug-likeness (QED) is 0.668. The average molecular weight is 355 g/mol. The van der Waals surface area contributed by atoms with Crippen LogP contribution in [0.2, 0.25) is 10.0 Å². The van der Waals surface area contributed by atoms with E-state index in [1.165, 1.54) is 12.1 Å². The molecular weight excluding hydrogens is 335 g/mol. The zero-order chi connectivity index (χ0) is 15.9. The average Bonchev–Trinajstić information content (AvgIpc) is 2.41. The smallest absolute Gasteiger partial charge is 0.242 e. The highest BCUT2D eigenvalue weighted by atomic mass is 35.5. The van der Waals surface area contributed by atoms with Crippen molar-refractivity contribution in [2.45, 2.75) is 24.8 Å². The topological polar surface area (TPSA) is 67.4 Å². The Labute approximate surface area is 136 Å². The SMILES string of the molecule is CCOCCCNS(=O)(=O)c1cc(CNC)c(Cl)cc1Cl. The fourth-order valence-electron chi connectivity index (χ4n) is 1.71. The van der Waals surface area contributed by atoms with Gasteiger partial charge < -0.3 is 10.1 Å². The Morgan fingerprint density at radius 3 is 2.57 bits per heavy atom. The van der Waals surface area contributed by atoms with Gasteiger partial charge in [0.05, 0.1) is 5.02 Å². The summed E-state index contributed by atoms with van der Waals surface area (Å²) in [5.74, 6) is 0. The summed E-state index contributed by atoms with van der Waals surface area (Å²) in [4.78, 5) is 0.0372. The van der Waals surface area contributed by atoms with Crippen LogP contribution < -0.4 is 10.0 Å². The third kappa shape index (κ3) is 5.73. The van der Waals surface area contributed by atoms with E-state index in [0.717, 1.165) is 0 Å². The van der Waals surface area contributed by atoms with Crippen molar-refractivity contribution < 1.29 is 13.2 Å². The van der Waals surface area contributed by atoms with Gasteiger partial charge in [-0.3, -0.25) is 0 Å². The first kappa shape index (κ1) is 18.7. The van der Waals surface area contributed by atoms with E-state index in [1.807, 2.05) is 6.92 Å². The summed E-state index contributed by atoms with van der Waals surface area (Å²) >= 11 is 12.0. The minimum Gasteiger partial charge on any atom is -0.382 e. The second kappa shape index (κ2) is 8.92. The maximum atomic E-state index is 12.3. The molecule has 120 valence electrons. The Kier molecular flexibility index (Phi) is 7.94. The molecule has 0 aliphatic rings. The molecule has 1 rings (SSSR count). The van der Waals surface area contributed by atoms with Gasteiger partial charge in [0.15, 0.2) is 0 Å². The van der Waals surface area contributed by atoms with Crippen LogP contribution in [-0.2, 0) is 21.3 Å². The molecule has 5 nitrogen and oxygen atoms in total. The molecule has 0 fully saturated rings. The number of nitrogens with one attached hydrogen (secondary N) is 2. The first-order chi connectivity index (χ1) is 9.92. The molecule has 0 heterocycles. The highest BCUT2D eigenvalue weighted by Gasteiger charge is 2.19. The van der Waals surface area contributed by atoms with Crippen LogP contribution in [0.3, 0.4) is 0 Å². The van der Waals surface area contributed by atoms with E-state index in [9.17, 15) is 8.42 Å². The highest BCUT2D eigenvalue weighted by Crippen LogP contribution is 2.28. The number of halogens is 2. The van der Waals surface area contributed by atoms with Crippen LogP contribution in [-0.4, -0.2) is 35.2 Å². The largest absolute Gasteiger partial charge is 0.382 e. The normalized spacial score (nSPS) is 11.8. The molecule has 0 unspecified atom stereocenters. The number of benzene rings is 1. The molecule has 1 aromatic rings. The molecule has 0 amide bonds. The Hall–Kier alpha value is -0.370. The number of hydrogen-bond acceptors (Lipinski definition) is 4. The van der Waals surface area contributed by atoms with E-state index in [1.54, 1.807) is 7.05 Å². The minimum atomic E-state index is -3.66. The van der Waals surface area contributed by atoms with E-state index in [2.05, 4.69) is 10.0 Å². The van der Waals surface area contributed by atoms with Crippen LogP contribution >= 0.6 is 23.2 Å². The maximum absolute atomic E-state index is 12.3. The summed E-state index contributed by atoms with van der Waals surface area (Å²) < 4.78 is 32.2. The van der Waals surface area contributed by atoms with E-state index < -0.39 is 10.0 Å². The predicted molar refractivity (Wildman–Crippen MR) is 85.5 cm³/mol. The Bertz CT molecular complexity index is 565. The summed E-state index contributed by atoms with van der Waals surface area (Å²) in [5, 5.41) is 3.47. The molecule has 0 radical (unpaired) electrons. The minimum absolute atomic E-state index is 0.0372. The van der Waals surface area contributed by atoms with Gasteiger partial charge in [0, 0.05) is 31.3 Å². The molecule has 0 aromatic heterocycles. The highest BCUT2D eigenvalue weighted by molar-refractivity contribution is 7.89. The molecule has 0 bridgehead atoms. The molecular formula is C13H20Cl2N2O3S. The first-order valence-electron chi connectivity index (χ1n) is 6.62. The zero-order valence-corrected chi connectivity index (χ0v) is 14.4. The fourth-order valence-corrected chi connectivity index (χ4v) is 3.64. The van der Waals surface area contributed by atoms with Crippen molar-refractivity contribution in [2.24, 2.45) is 0 Å². The van der Waals surface area contributed by atoms with E-state index in [0.29, 0.717) is 43.3 Å². The number of ether oxygens (including phenoxy) is 1. The third-order valence-corrected chi connectivity index (χ3v) is 5.00. The molecule has 0 aliphatic heterocycles. The molecule has 21 heavy (non-hydrogen) atoms. The zero-order valence-electron chi connectivity index (χ0n) is 12.1. The molecule has 8 heteroatoms. The molecule has 0 saturated carbocycles. The van der Waals surface area contributed by atoms with Crippen molar-refractivity contribution in [1.82, 2.24) is 10.0 Å². The van der Waals surface area contributed by atoms with E-state index in [4.69, 9.17) is 27.9 Å². The van der Waals surface area contributed by atoms with E-state index >= 15 is 0 Å². The van der Waals surface area contributed by atoms with Gasteiger partial charge in [0.1, 0.15) is 4.90 Å². The van der Waals surface area contributed by atoms with Gasteiger partial charge in [0.25, 0.3) is 0 Å². The van der Waals surface area contributed by atoms with Gasteiger partial charge in [0.2, 0.25) is 10.0 Å². The first-order valence-corrected chi connectivity index (χ1v) is 8.86. The monoisotopic (exact) mass is 354 g/mol. The lowest BCUT2D eigenvalue weighted by molar-refractivity contribution is 0.146. The second-order valence-electron chi connectivity index (χ2n) is 4.35. The lowest BCUT2D eigenvalue weighted by Crippen LogP contribution is -2.26. The molecule has 1 aromatic carbocycles. The van der Waals surface area contributed by atoms with Gasteiger partial charge in [-0.2, -0.15) is 0 Å². The Balaban J connectivity index is 2.84. The van der Waals surface area contributed by atoms with Crippen LogP contribution in [0.25, 0.3) is 0 Å². The van der Waals surface area contributed by atoms with Gasteiger partial charge in [-0.1, -0.05) is 23.2 Å². The van der Waals surface area contributed by atoms with Crippen molar-refractivity contribution >= 4 is 33.2 Å². The van der Waals surface area contributed by atoms with Gasteiger partial charge >= 0.3 is 0 Å². The van der Waals surface area contributed by atoms with Crippen molar-refractivity contribution in [1.29, 1.82) is 0 Å². The van der Waals surface area contributed by atoms with Crippen LogP contribution in [0, 0.1) is 0 Å². The summed E-state index contributed by atoms with van der Waals surface area (Å²) in [7, 11) is -1.90. The van der Waals surface area contributed by atoms with Crippen molar-refractivity contribution in [2.75, 3.05) is 26.8 Å². The van der Waals surface area contributed by atoms with Crippen LogP contribution in [0.5, 0.6) is 0 Å². The van der Waals surface area contributed by atoms with Crippen LogP contribution in [0.15, 0.2) is 17.0 Å². The van der Waals surface area contributed by atoms with Crippen LogP contribution in [0.4, 0.5) is 0 Å². The van der Waals surface area contributed by atoms with Gasteiger partial charge in [-0.15, -0.1) is 0 Å². The Morgan fingerprint density at radius 1 is 1.24 bits per heavy atom. The van der Waals surface area contributed by atoms with Crippen molar-refractivity contribution in [3.05, 3.63) is 27.7 Å². The van der Waals surface area contributed by atoms with Gasteiger partial charge in [-0.25, -0.2) is 13.1 Å². The van der Waals surface area contributed by atoms with Crippen LogP contribution in [0.1, 0.15) is 18.9 Å². The summed E-state index contributed by atoms with van der Waals surface area (Å²) in [6.07, 6.45) is 0.599. The number of hydrogen-bond donors (Lipinski definition) is 2. The summed E-state index contributed by atoms with van der Waals surface area (Å²) in [6.45, 7) is 3.77. The van der Waals surface area contributed by atoms with Crippen molar-refractivity contribution in [3.8, 4) is 0 Å². The fraction of sp³-hybridized carbons (Fsp3) is 0.538.